The van der Waals surface area contributed by atoms with Crippen molar-refractivity contribution in [1.82, 2.24) is 0 Å². The van der Waals surface area contributed by atoms with Gasteiger partial charge in [-0.25, -0.2) is 0 Å². The van der Waals surface area contributed by atoms with Gasteiger partial charge < -0.3 is 5.73 Å². The first-order chi connectivity index (χ1) is 8.18. The number of hydrogen-bond acceptors (Lipinski definition) is 1. The first-order valence-electron chi connectivity index (χ1n) is 6.96. The van der Waals surface area contributed by atoms with Gasteiger partial charge in [0, 0.05) is 12.0 Å². The molecule has 0 atom stereocenters. The average Bonchev–Trinajstić information content (AvgIpc) is 2.59. The van der Waals surface area contributed by atoms with E-state index in [1.807, 2.05) is 0 Å². The molecule has 2 N–H and O–H groups in total. The molecule has 1 aromatic carbocycles. The summed E-state index contributed by atoms with van der Waals surface area (Å²) in [6.07, 6.45) is 7.98. The van der Waals surface area contributed by atoms with Crippen LogP contribution in [-0.2, 0) is 5.41 Å². The van der Waals surface area contributed by atoms with Crippen molar-refractivity contribution in [3.8, 4) is 0 Å². The number of benzene rings is 1. The van der Waals surface area contributed by atoms with Gasteiger partial charge in [0.05, 0.1) is 0 Å². The average molecular weight is 231 g/mol. The zero-order valence-electron chi connectivity index (χ0n) is 11.3. The summed E-state index contributed by atoms with van der Waals surface area (Å²) in [5.41, 5.74) is 10.6. The monoisotopic (exact) mass is 231 g/mol. The Morgan fingerprint density at radius 3 is 2.18 bits per heavy atom. The van der Waals surface area contributed by atoms with Gasteiger partial charge in [-0.2, -0.15) is 0 Å². The Labute approximate surface area is 105 Å². The molecule has 0 heterocycles. The molecule has 1 heteroatoms. The smallest absolute Gasteiger partial charge is 0.00756 e. The van der Waals surface area contributed by atoms with Gasteiger partial charge in [-0.1, -0.05) is 43.9 Å². The minimum Gasteiger partial charge on any atom is -0.330 e. The van der Waals surface area contributed by atoms with Crippen LogP contribution in [0.3, 0.4) is 0 Å². The van der Waals surface area contributed by atoms with Gasteiger partial charge in [0.25, 0.3) is 0 Å². The summed E-state index contributed by atoms with van der Waals surface area (Å²) in [4.78, 5) is 0. The Morgan fingerprint density at radius 1 is 1.00 bits per heavy atom. The van der Waals surface area contributed by atoms with E-state index in [4.69, 9.17) is 5.73 Å². The van der Waals surface area contributed by atoms with E-state index < -0.39 is 0 Å². The molecule has 2 rings (SSSR count). The van der Waals surface area contributed by atoms with E-state index in [-0.39, 0.29) is 5.41 Å². The number of rotatable bonds is 2. The molecule has 1 saturated carbocycles. The van der Waals surface area contributed by atoms with Crippen LogP contribution >= 0.6 is 0 Å². The van der Waals surface area contributed by atoms with Crippen molar-refractivity contribution in [1.29, 1.82) is 0 Å². The zero-order chi connectivity index (χ0) is 12.3. The summed E-state index contributed by atoms with van der Waals surface area (Å²) in [6, 6.07) is 6.93. The highest BCUT2D eigenvalue weighted by atomic mass is 14.6. The summed E-state index contributed by atoms with van der Waals surface area (Å²) >= 11 is 0. The second-order valence-electron chi connectivity index (χ2n) is 5.70. The summed E-state index contributed by atoms with van der Waals surface area (Å²) < 4.78 is 0. The molecule has 1 aliphatic rings. The molecule has 1 fully saturated rings. The fourth-order valence-corrected chi connectivity index (χ4v) is 3.09. The minimum atomic E-state index is 0.259. The van der Waals surface area contributed by atoms with Gasteiger partial charge in [-0.15, -0.1) is 0 Å². The van der Waals surface area contributed by atoms with Crippen LogP contribution in [0.15, 0.2) is 18.2 Å². The summed E-state index contributed by atoms with van der Waals surface area (Å²) in [7, 11) is 0. The van der Waals surface area contributed by atoms with Crippen LogP contribution in [0.25, 0.3) is 0 Å². The van der Waals surface area contributed by atoms with E-state index in [0.29, 0.717) is 0 Å². The van der Waals surface area contributed by atoms with Gasteiger partial charge in [0.15, 0.2) is 0 Å². The second kappa shape index (κ2) is 5.22. The molecule has 1 nitrogen and oxygen atoms in total. The Bertz CT molecular complexity index is 373. The highest BCUT2D eigenvalue weighted by Crippen LogP contribution is 2.38. The van der Waals surface area contributed by atoms with Crippen LogP contribution in [0.1, 0.15) is 55.2 Å². The Balaban J connectivity index is 2.35. The third-order valence-electron chi connectivity index (χ3n) is 4.57. The molecule has 1 aromatic rings. The highest BCUT2D eigenvalue weighted by Gasteiger charge is 2.31. The second-order valence-corrected chi connectivity index (χ2v) is 5.70. The molecule has 17 heavy (non-hydrogen) atoms. The molecule has 0 unspecified atom stereocenters. The van der Waals surface area contributed by atoms with Crippen LogP contribution < -0.4 is 5.73 Å². The third-order valence-corrected chi connectivity index (χ3v) is 4.57. The third kappa shape index (κ3) is 2.55. The molecule has 0 spiro atoms. The summed E-state index contributed by atoms with van der Waals surface area (Å²) in [6.45, 7) is 5.19. The molecule has 94 valence electrons. The molecular formula is C16H25N. The van der Waals surface area contributed by atoms with Crippen molar-refractivity contribution in [2.24, 2.45) is 5.73 Å². The maximum atomic E-state index is 6.13. The number of hydrogen-bond donors (Lipinski definition) is 1. The van der Waals surface area contributed by atoms with Crippen LogP contribution in [0.4, 0.5) is 0 Å². The number of nitrogens with two attached hydrogens (primary N) is 1. The van der Waals surface area contributed by atoms with Gasteiger partial charge in [-0.05, 0) is 43.4 Å². The lowest BCUT2D eigenvalue weighted by atomic mass is 9.74. The van der Waals surface area contributed by atoms with E-state index in [2.05, 4.69) is 32.0 Å². The predicted molar refractivity (Wildman–Crippen MR) is 74.4 cm³/mol. The summed E-state index contributed by atoms with van der Waals surface area (Å²) in [5, 5.41) is 0. The molecule has 0 amide bonds. The van der Waals surface area contributed by atoms with Crippen molar-refractivity contribution in [3.05, 3.63) is 34.9 Å². The van der Waals surface area contributed by atoms with E-state index >= 15 is 0 Å². The van der Waals surface area contributed by atoms with E-state index in [0.717, 1.165) is 6.54 Å². The summed E-state index contributed by atoms with van der Waals surface area (Å²) in [5.74, 6) is 0. The lowest BCUT2D eigenvalue weighted by molar-refractivity contribution is 0.380. The molecule has 0 bridgehead atoms. The zero-order valence-corrected chi connectivity index (χ0v) is 11.3. The lowest BCUT2D eigenvalue weighted by Gasteiger charge is -2.32. The Morgan fingerprint density at radius 2 is 1.65 bits per heavy atom. The van der Waals surface area contributed by atoms with E-state index in [1.165, 1.54) is 55.2 Å². The van der Waals surface area contributed by atoms with Crippen molar-refractivity contribution in [2.75, 3.05) is 6.54 Å². The predicted octanol–water partition coefficient (Wildman–Crippen LogP) is 3.85. The minimum absolute atomic E-state index is 0.259. The molecule has 0 radical (unpaired) electrons. The molecule has 0 aromatic heterocycles. The van der Waals surface area contributed by atoms with E-state index in [9.17, 15) is 0 Å². The first-order valence-corrected chi connectivity index (χ1v) is 6.96. The van der Waals surface area contributed by atoms with Crippen LogP contribution in [-0.4, -0.2) is 6.54 Å². The van der Waals surface area contributed by atoms with Gasteiger partial charge >= 0.3 is 0 Å². The maximum Gasteiger partial charge on any atom is 0.00756 e. The van der Waals surface area contributed by atoms with E-state index in [1.54, 1.807) is 0 Å². The van der Waals surface area contributed by atoms with Crippen molar-refractivity contribution in [3.63, 3.8) is 0 Å². The van der Waals surface area contributed by atoms with Crippen molar-refractivity contribution in [2.45, 2.75) is 57.8 Å². The van der Waals surface area contributed by atoms with Crippen LogP contribution in [0, 0.1) is 13.8 Å². The highest BCUT2D eigenvalue weighted by molar-refractivity contribution is 5.35. The van der Waals surface area contributed by atoms with Gasteiger partial charge in [0.2, 0.25) is 0 Å². The normalized spacial score (nSPS) is 19.9. The molecule has 0 aliphatic heterocycles. The largest absolute Gasteiger partial charge is 0.330 e. The Hall–Kier alpha value is -0.820. The van der Waals surface area contributed by atoms with Crippen molar-refractivity contribution < 1.29 is 0 Å². The first kappa shape index (κ1) is 12.6. The fraction of sp³-hybridized carbons (Fsp3) is 0.625. The topological polar surface area (TPSA) is 26.0 Å². The number of aryl methyl sites for hydroxylation is 2. The Kier molecular flexibility index (Phi) is 3.88. The van der Waals surface area contributed by atoms with Gasteiger partial charge in [-0.3, -0.25) is 0 Å². The maximum absolute atomic E-state index is 6.13. The quantitative estimate of drug-likeness (QED) is 0.769. The molecular weight excluding hydrogens is 206 g/mol. The van der Waals surface area contributed by atoms with Crippen molar-refractivity contribution >= 4 is 0 Å². The van der Waals surface area contributed by atoms with Crippen LogP contribution in [0.2, 0.25) is 0 Å². The molecule has 0 saturated heterocycles. The SMILES string of the molecule is Cc1ccc(C2(CN)CCCCCC2)cc1C. The fourth-order valence-electron chi connectivity index (χ4n) is 3.09. The molecule has 1 aliphatic carbocycles. The lowest BCUT2D eigenvalue weighted by Crippen LogP contribution is -2.34. The van der Waals surface area contributed by atoms with Crippen LogP contribution in [0.5, 0.6) is 0 Å². The van der Waals surface area contributed by atoms with Gasteiger partial charge in [0.1, 0.15) is 0 Å². The standard InChI is InChI=1S/C16H25N/c1-13-7-8-15(11-14(13)2)16(12-17)9-5-3-4-6-10-16/h7-8,11H,3-6,9-10,12,17H2,1-2H3.